The molecule has 294 valence electrons. The van der Waals surface area contributed by atoms with Crippen molar-refractivity contribution in [1.82, 2.24) is 39.0 Å². The van der Waals surface area contributed by atoms with Gasteiger partial charge in [0.25, 0.3) is 0 Å². The van der Waals surface area contributed by atoms with E-state index >= 15 is 0 Å². The molecule has 1 aromatic carbocycles. The Balaban J connectivity index is 0.000000619. The number of carbonyl (C=O) groups is 2. The molecule has 6 rings (SSSR count). The highest BCUT2D eigenvalue weighted by Gasteiger charge is 2.33. The number of likely N-dealkylation sites (tertiary alicyclic amines) is 1. The highest BCUT2D eigenvalue weighted by atomic mass is 32.2. The average Bonchev–Trinajstić information content (AvgIpc) is 3.36. The first-order chi connectivity index (χ1) is 26.0. The van der Waals surface area contributed by atoms with Gasteiger partial charge in [-0.1, -0.05) is 39.8 Å². The first-order valence-electron chi connectivity index (χ1n) is 17.9. The Hall–Kier alpha value is -5.04. The summed E-state index contributed by atoms with van der Waals surface area (Å²) in [6.07, 6.45) is 15.3. The fourth-order valence-corrected chi connectivity index (χ4v) is 6.23. The molecule has 3 amide bonds. The number of carbonyl (C=O) groups excluding carboxylic acids is 2. The lowest BCUT2D eigenvalue weighted by Crippen LogP contribution is -2.46. The van der Waals surface area contributed by atoms with E-state index in [2.05, 4.69) is 38.4 Å². The summed E-state index contributed by atoms with van der Waals surface area (Å²) in [4.78, 5) is 53.6. The molecule has 0 unspecified atom stereocenters. The van der Waals surface area contributed by atoms with Crippen LogP contribution in [0.25, 0.3) is 11.2 Å². The smallest absolute Gasteiger partial charge is 0.408 e. The number of hydrogen-bond acceptors (Lipinski definition) is 8. The zero-order valence-corrected chi connectivity index (χ0v) is 32.7. The summed E-state index contributed by atoms with van der Waals surface area (Å²) in [6.45, 7) is 14.3. The summed E-state index contributed by atoms with van der Waals surface area (Å²) in [5, 5.41) is 6.02. The molecule has 1 fully saturated rings. The number of pyridine rings is 1. The van der Waals surface area contributed by atoms with E-state index in [9.17, 15) is 27.1 Å². The van der Waals surface area contributed by atoms with Gasteiger partial charge >= 0.3 is 17.8 Å². The molecule has 12 nitrogen and oxygen atoms in total. The number of aromatic nitrogens is 5. The third-order valence-electron chi connectivity index (χ3n) is 8.00. The lowest BCUT2D eigenvalue weighted by atomic mass is 10.0. The van der Waals surface area contributed by atoms with Crippen molar-refractivity contribution in [3.63, 3.8) is 0 Å². The van der Waals surface area contributed by atoms with Gasteiger partial charge in [-0.3, -0.25) is 14.5 Å². The van der Waals surface area contributed by atoms with Gasteiger partial charge in [0.05, 0.1) is 29.0 Å². The number of amides is 3. The molecular weight excluding hydrogens is 722 g/mol. The number of terminal acetylenes is 1. The van der Waals surface area contributed by atoms with E-state index in [0.29, 0.717) is 55.7 Å². The SMILES string of the molecule is C#C.CC.CC.CC(C)(C)OC(=O)N[C@H]1CCC[C@@H](NC(=O)N2CCC(n3c(=O)n(SF)c4ncccc43)CC2)c2nccnc21.Fc1ccccc1F. The number of halogens is 3. The number of alkyl carbamates (subject to hydrolysis) is 1. The molecular formula is C38H51F3N8O4S. The van der Waals surface area contributed by atoms with Crippen LogP contribution in [0.15, 0.2) is 59.8 Å². The second kappa shape index (κ2) is 22.2. The molecule has 2 aliphatic rings. The predicted molar refractivity (Wildman–Crippen MR) is 206 cm³/mol. The molecule has 0 radical (unpaired) electrons. The molecule has 2 atom stereocenters. The van der Waals surface area contributed by atoms with Gasteiger partial charge in [0, 0.05) is 37.7 Å². The van der Waals surface area contributed by atoms with Crippen molar-refractivity contribution in [2.24, 2.45) is 0 Å². The fraction of sp³-hybridized carbons (Fsp3) is 0.474. The summed E-state index contributed by atoms with van der Waals surface area (Å²) >= 11 is -0.159. The number of imidazole rings is 1. The maximum atomic E-state index is 13.5. The monoisotopic (exact) mass is 772 g/mol. The molecule has 54 heavy (non-hydrogen) atoms. The molecule has 4 heterocycles. The first kappa shape index (κ1) is 45.1. The Labute approximate surface area is 319 Å². The summed E-state index contributed by atoms with van der Waals surface area (Å²) < 4.78 is 45.3. The maximum Gasteiger partial charge on any atom is 0.408 e. The Morgan fingerprint density at radius 3 is 1.87 bits per heavy atom. The normalized spacial score (nSPS) is 16.5. The van der Waals surface area contributed by atoms with Crippen LogP contribution in [0.5, 0.6) is 0 Å². The van der Waals surface area contributed by atoms with E-state index in [4.69, 9.17) is 4.74 Å². The topological polar surface area (TPSA) is 136 Å². The van der Waals surface area contributed by atoms with Gasteiger partial charge in [0.2, 0.25) is 0 Å². The number of hydrogen-bond donors (Lipinski definition) is 2. The number of nitrogens with zero attached hydrogens (tertiary/aromatic N) is 6. The summed E-state index contributed by atoms with van der Waals surface area (Å²) in [5.74, 6) is -1.60. The number of rotatable bonds is 4. The molecule has 16 heteroatoms. The highest BCUT2D eigenvalue weighted by molar-refractivity contribution is 7.92. The van der Waals surface area contributed by atoms with Gasteiger partial charge in [-0.2, -0.15) is 3.97 Å². The number of piperidine rings is 1. The van der Waals surface area contributed by atoms with Crippen LogP contribution >= 0.6 is 12.3 Å². The van der Waals surface area contributed by atoms with Crippen LogP contribution in [0.2, 0.25) is 0 Å². The van der Waals surface area contributed by atoms with Crippen molar-refractivity contribution in [3.8, 4) is 12.8 Å². The van der Waals surface area contributed by atoms with Crippen molar-refractivity contribution in [1.29, 1.82) is 0 Å². The van der Waals surface area contributed by atoms with Crippen LogP contribution < -0.4 is 16.3 Å². The molecule has 0 spiro atoms. The largest absolute Gasteiger partial charge is 0.444 e. The fourth-order valence-electron chi connectivity index (χ4n) is 5.87. The van der Waals surface area contributed by atoms with Gasteiger partial charge in [-0.05, 0) is 77.1 Å². The van der Waals surface area contributed by atoms with Gasteiger partial charge in [-0.15, -0.1) is 16.7 Å². The van der Waals surface area contributed by atoms with E-state index in [1.54, 1.807) is 54.8 Å². The van der Waals surface area contributed by atoms with Crippen LogP contribution in [0.1, 0.15) is 110 Å². The zero-order chi connectivity index (χ0) is 40.4. The lowest BCUT2D eigenvalue weighted by Gasteiger charge is -2.33. The Morgan fingerprint density at radius 1 is 0.833 bits per heavy atom. The van der Waals surface area contributed by atoms with Gasteiger partial charge in [0.1, 0.15) is 5.60 Å². The maximum absolute atomic E-state index is 13.5. The van der Waals surface area contributed by atoms with Crippen molar-refractivity contribution in [2.45, 2.75) is 104 Å². The Morgan fingerprint density at radius 2 is 1.37 bits per heavy atom. The quantitative estimate of drug-likeness (QED) is 0.156. The molecule has 4 aromatic rings. The molecule has 1 aliphatic carbocycles. The summed E-state index contributed by atoms with van der Waals surface area (Å²) in [7, 11) is 0. The molecule has 0 saturated carbocycles. The second-order valence-electron chi connectivity index (χ2n) is 12.5. The zero-order valence-electron chi connectivity index (χ0n) is 31.9. The number of fused-ring (bicyclic) bond motifs is 2. The third kappa shape index (κ3) is 12.0. The Kier molecular flexibility index (Phi) is 18.6. The standard InChI is InChI=1S/C26H33FN8O4S.C6H4F2.2C2H6.C2H2/c1-26(2,3)39-24(37)32-18-7-4-6-17(20-21(18)29-13-12-28-20)31-23(36)33-14-9-16(10-15-33)34-19-8-5-11-30-22(19)35(40-27)25(34)38;7-5-3-1-2-4-6(5)8;3*1-2/h5,8,11-13,16-18H,4,6-7,9-10,14-15H2,1-3H3,(H,31,36)(H,32,37);1-4H;2*1-2H3;1-2H/t17-,18+;;;;/m1..../s1. The predicted octanol–water partition coefficient (Wildman–Crippen LogP) is 8.47. The van der Waals surface area contributed by atoms with Crippen LogP contribution in [-0.4, -0.2) is 59.2 Å². The average molecular weight is 773 g/mol. The van der Waals surface area contributed by atoms with Crippen LogP contribution in [-0.2, 0) is 4.74 Å². The molecule has 1 saturated heterocycles. The van der Waals surface area contributed by atoms with E-state index < -0.39 is 29.0 Å². The second-order valence-corrected chi connectivity index (χ2v) is 13.0. The first-order valence-corrected chi connectivity index (χ1v) is 18.6. The number of benzene rings is 1. The van der Waals surface area contributed by atoms with E-state index in [-0.39, 0.29) is 42.1 Å². The van der Waals surface area contributed by atoms with Crippen molar-refractivity contribution in [2.75, 3.05) is 13.1 Å². The van der Waals surface area contributed by atoms with Gasteiger partial charge in [-0.25, -0.2) is 28.1 Å². The van der Waals surface area contributed by atoms with E-state index in [1.807, 2.05) is 27.7 Å². The molecule has 0 bridgehead atoms. The minimum Gasteiger partial charge on any atom is -0.444 e. The molecule has 2 N–H and O–H groups in total. The van der Waals surface area contributed by atoms with Crippen molar-refractivity contribution >= 4 is 35.6 Å². The number of nitrogens with one attached hydrogen (secondary N) is 2. The minimum absolute atomic E-state index is 0.159. The lowest BCUT2D eigenvalue weighted by molar-refractivity contribution is 0.0499. The van der Waals surface area contributed by atoms with Crippen LogP contribution in [0.3, 0.4) is 0 Å². The number of ether oxygens (including phenoxy) is 1. The third-order valence-corrected chi connectivity index (χ3v) is 8.47. The van der Waals surface area contributed by atoms with Crippen molar-refractivity contribution in [3.05, 3.63) is 88.5 Å². The van der Waals surface area contributed by atoms with Crippen LogP contribution in [0, 0.1) is 24.5 Å². The number of urea groups is 1. The molecule has 1 aliphatic heterocycles. The summed E-state index contributed by atoms with van der Waals surface area (Å²) in [6, 6.07) is 7.36. The van der Waals surface area contributed by atoms with E-state index in [1.165, 1.54) is 18.3 Å². The van der Waals surface area contributed by atoms with E-state index in [0.717, 1.165) is 22.5 Å². The Bertz CT molecular complexity index is 1830. The van der Waals surface area contributed by atoms with Gasteiger partial charge < -0.3 is 20.3 Å². The molecule has 3 aromatic heterocycles. The van der Waals surface area contributed by atoms with Gasteiger partial charge in [0.15, 0.2) is 29.6 Å². The minimum atomic E-state index is -0.799. The van der Waals surface area contributed by atoms with Crippen molar-refractivity contribution < 1.29 is 27.0 Å². The van der Waals surface area contributed by atoms with Crippen LogP contribution in [0.4, 0.5) is 22.3 Å². The highest BCUT2D eigenvalue weighted by Crippen LogP contribution is 2.33. The summed E-state index contributed by atoms with van der Waals surface area (Å²) in [5.41, 5.74) is 1.01.